The Hall–Kier alpha value is -6.52. The van der Waals surface area contributed by atoms with Crippen LogP contribution in [0.1, 0.15) is 5.56 Å². The summed E-state index contributed by atoms with van der Waals surface area (Å²) in [7, 11) is 2.65. The first-order valence-electron chi connectivity index (χ1n) is 16.7. The number of carbonyl (C=O) groups excluding carboxylic acids is 1. The zero-order valence-electron chi connectivity index (χ0n) is 29.1. The number of phenolic OH excluding ortho intramolecular Hbond substituents is 3. The maximum absolute atomic E-state index is 12.9. The van der Waals surface area contributed by atoms with Crippen LogP contribution in [0.5, 0.6) is 34.5 Å². The van der Waals surface area contributed by atoms with E-state index in [1.165, 1.54) is 68.8 Å². The van der Waals surface area contributed by atoms with Gasteiger partial charge in [-0.05, 0) is 66.2 Å². The van der Waals surface area contributed by atoms with E-state index in [4.69, 9.17) is 32.5 Å². The van der Waals surface area contributed by atoms with Crippen molar-refractivity contribution in [2.24, 2.45) is 0 Å². The molecule has 1 aliphatic heterocycles. The van der Waals surface area contributed by atoms with Gasteiger partial charge in [0.2, 0.25) is 12.0 Å². The highest BCUT2D eigenvalue weighted by molar-refractivity contribution is 6.10. The Balaban J connectivity index is 1.32. The molecular weight excluding hydrogens is 720 g/mol. The van der Waals surface area contributed by atoms with Crippen molar-refractivity contribution in [1.29, 1.82) is 0 Å². The van der Waals surface area contributed by atoms with Gasteiger partial charge in [0.25, 0.3) is 0 Å². The van der Waals surface area contributed by atoms with Crippen LogP contribution in [-0.2, 0) is 14.3 Å². The molecule has 5 atom stereocenters. The normalized spacial score (nSPS) is 19.8. The van der Waals surface area contributed by atoms with Gasteiger partial charge >= 0.3 is 5.97 Å². The summed E-state index contributed by atoms with van der Waals surface area (Å²) in [5.41, 5.74) is 1.02. The molecule has 0 amide bonds. The van der Waals surface area contributed by atoms with Crippen molar-refractivity contribution < 1.29 is 68.0 Å². The van der Waals surface area contributed by atoms with Gasteiger partial charge in [0.1, 0.15) is 59.4 Å². The molecule has 5 unspecified atom stereocenters. The first kappa shape index (κ1) is 36.8. The van der Waals surface area contributed by atoms with E-state index in [1.807, 2.05) is 0 Å². The summed E-state index contributed by atoms with van der Waals surface area (Å²) < 4.78 is 40.8. The predicted octanol–water partition coefficient (Wildman–Crippen LogP) is 4.45. The molecule has 284 valence electrons. The Morgan fingerprint density at radius 3 is 2.02 bits per heavy atom. The van der Waals surface area contributed by atoms with Crippen molar-refractivity contribution in [3.63, 3.8) is 0 Å². The van der Waals surface area contributed by atoms with Gasteiger partial charge in [-0.3, -0.25) is 4.79 Å². The standard InChI is InChI=1S/C40H34O15/c1-49-29-13-21(14-30(50-2)34(29)45)38-39(25-17-26(20-6-10-23(42)11-7-20)52-27-15-24(43)16-28(53-38)33(25)27)55-40-37(48)36(47)35(46)31(54-40)18-51-32(44)12-5-19-3-8-22(41)9-4-19/h3-17,31,35-37,40-42,45-48H,18H2,1-2H3/b12-5+. The van der Waals surface area contributed by atoms with Crippen molar-refractivity contribution >= 4 is 34.0 Å². The monoisotopic (exact) mass is 754 g/mol. The third-order valence-corrected chi connectivity index (χ3v) is 8.96. The second-order valence-corrected chi connectivity index (χ2v) is 12.5. The molecule has 0 radical (unpaired) electrons. The average molecular weight is 755 g/mol. The SMILES string of the molecule is COc1cc(-c2oc3cc(=O)cc4oc(-c5ccc(O)cc5)cc(c2OC2OC(COC(=O)/C=C/c5ccc(O)cc5)C(O)C(O)C2O)c43)cc(OC)c1O. The Morgan fingerprint density at radius 1 is 0.764 bits per heavy atom. The molecule has 3 heterocycles. The summed E-state index contributed by atoms with van der Waals surface area (Å²) in [5, 5.41) is 63.6. The molecule has 1 fully saturated rings. The molecule has 6 N–H and O–H groups in total. The highest BCUT2D eigenvalue weighted by atomic mass is 16.7. The van der Waals surface area contributed by atoms with E-state index in [0.717, 1.165) is 6.08 Å². The van der Waals surface area contributed by atoms with E-state index in [-0.39, 0.29) is 73.5 Å². The fourth-order valence-electron chi connectivity index (χ4n) is 6.13. The average Bonchev–Trinajstić information content (AvgIpc) is 3.18. The summed E-state index contributed by atoms with van der Waals surface area (Å²) in [6, 6.07) is 19.0. The maximum Gasteiger partial charge on any atom is 0.330 e. The zero-order valence-corrected chi connectivity index (χ0v) is 29.1. The van der Waals surface area contributed by atoms with E-state index < -0.39 is 48.7 Å². The second kappa shape index (κ2) is 15.1. The lowest BCUT2D eigenvalue weighted by molar-refractivity contribution is -0.278. The number of hydrogen-bond acceptors (Lipinski definition) is 15. The minimum atomic E-state index is -1.86. The van der Waals surface area contributed by atoms with Gasteiger partial charge in [-0.15, -0.1) is 0 Å². The van der Waals surface area contributed by atoms with Crippen molar-refractivity contribution in [3.05, 3.63) is 101 Å². The molecule has 6 aromatic rings. The van der Waals surface area contributed by atoms with E-state index in [1.54, 1.807) is 30.3 Å². The molecule has 0 aliphatic carbocycles. The summed E-state index contributed by atoms with van der Waals surface area (Å²) in [5.74, 6) is -1.05. The van der Waals surface area contributed by atoms with Crippen LogP contribution in [0.4, 0.5) is 0 Å². The van der Waals surface area contributed by atoms with Crippen LogP contribution in [0.3, 0.4) is 0 Å². The molecule has 0 bridgehead atoms. The summed E-state index contributed by atoms with van der Waals surface area (Å²) in [6.07, 6.45) is -5.98. The predicted molar refractivity (Wildman–Crippen MR) is 195 cm³/mol. The largest absolute Gasteiger partial charge is 0.508 e. The quantitative estimate of drug-likeness (QED) is 0.0839. The molecule has 7 rings (SSSR count). The molecule has 55 heavy (non-hydrogen) atoms. The van der Waals surface area contributed by atoms with Crippen molar-refractivity contribution in [1.82, 2.24) is 0 Å². The van der Waals surface area contributed by atoms with Gasteiger partial charge in [0, 0.05) is 34.7 Å². The lowest BCUT2D eigenvalue weighted by atomic mass is 9.99. The van der Waals surface area contributed by atoms with E-state index >= 15 is 0 Å². The van der Waals surface area contributed by atoms with Crippen LogP contribution in [-0.4, -0.2) is 88.1 Å². The van der Waals surface area contributed by atoms with Crippen LogP contribution < -0.4 is 19.6 Å². The number of hydrogen-bond donors (Lipinski definition) is 6. The van der Waals surface area contributed by atoms with E-state index in [0.29, 0.717) is 11.1 Å². The maximum atomic E-state index is 12.9. The molecule has 2 aromatic heterocycles. The highest BCUT2D eigenvalue weighted by Crippen LogP contribution is 2.48. The van der Waals surface area contributed by atoms with Crippen LogP contribution in [0.25, 0.3) is 50.7 Å². The minimum Gasteiger partial charge on any atom is -0.508 e. The number of benzene rings is 4. The molecule has 0 saturated carbocycles. The van der Waals surface area contributed by atoms with Crippen molar-refractivity contribution in [3.8, 4) is 57.1 Å². The number of ether oxygens (including phenoxy) is 5. The van der Waals surface area contributed by atoms with E-state index in [9.17, 15) is 40.2 Å². The number of rotatable bonds is 10. The second-order valence-electron chi connectivity index (χ2n) is 12.5. The Morgan fingerprint density at radius 2 is 1.38 bits per heavy atom. The molecule has 1 aliphatic rings. The molecule has 15 heteroatoms. The van der Waals surface area contributed by atoms with Crippen molar-refractivity contribution in [2.75, 3.05) is 20.8 Å². The lowest BCUT2D eigenvalue weighted by Gasteiger charge is -2.40. The number of esters is 1. The van der Waals surface area contributed by atoms with Gasteiger partial charge in [-0.25, -0.2) is 4.79 Å². The molecule has 0 spiro atoms. The Bertz CT molecular complexity index is 2420. The highest BCUT2D eigenvalue weighted by Gasteiger charge is 2.46. The van der Waals surface area contributed by atoms with Gasteiger partial charge < -0.3 is 63.2 Å². The third-order valence-electron chi connectivity index (χ3n) is 8.96. The summed E-state index contributed by atoms with van der Waals surface area (Å²) in [6.45, 7) is -0.563. The fourth-order valence-corrected chi connectivity index (χ4v) is 6.13. The number of methoxy groups -OCH3 is 2. The molecule has 4 aromatic carbocycles. The fraction of sp³-hybridized carbons (Fsp3) is 0.200. The number of aliphatic hydroxyl groups excluding tert-OH is 3. The molecular formula is C40H34O15. The van der Waals surface area contributed by atoms with Crippen molar-refractivity contribution in [2.45, 2.75) is 30.7 Å². The zero-order chi connectivity index (χ0) is 39.0. The third kappa shape index (κ3) is 7.36. The minimum absolute atomic E-state index is 0.00242. The Labute approximate surface area is 311 Å². The lowest BCUT2D eigenvalue weighted by Crippen LogP contribution is -2.60. The van der Waals surface area contributed by atoms with Gasteiger partial charge in [0.15, 0.2) is 28.4 Å². The number of phenols is 3. The van der Waals surface area contributed by atoms with Gasteiger partial charge in [-0.2, -0.15) is 0 Å². The van der Waals surface area contributed by atoms with E-state index in [2.05, 4.69) is 0 Å². The molecule has 15 nitrogen and oxygen atoms in total. The van der Waals surface area contributed by atoms with Crippen LogP contribution in [0.2, 0.25) is 0 Å². The number of aromatic hydroxyl groups is 3. The summed E-state index contributed by atoms with van der Waals surface area (Å²) >= 11 is 0. The Kier molecular flexibility index (Phi) is 10.1. The first-order chi connectivity index (χ1) is 26.4. The smallest absolute Gasteiger partial charge is 0.330 e. The number of carbonyl (C=O) groups is 1. The van der Waals surface area contributed by atoms with Gasteiger partial charge in [0.05, 0.1) is 19.6 Å². The molecule has 1 saturated heterocycles. The van der Waals surface area contributed by atoms with Gasteiger partial charge in [-0.1, -0.05) is 12.1 Å². The van der Waals surface area contributed by atoms with Crippen LogP contribution >= 0.6 is 0 Å². The van der Waals surface area contributed by atoms with Crippen LogP contribution in [0, 0.1) is 0 Å². The van der Waals surface area contributed by atoms with Crippen LogP contribution in [0.15, 0.2) is 98.6 Å². The summed E-state index contributed by atoms with van der Waals surface area (Å²) in [4.78, 5) is 25.5. The topological polar surface area (TPSA) is 228 Å². The first-order valence-corrected chi connectivity index (χ1v) is 16.7. The number of aliphatic hydroxyl groups is 3.